The monoisotopic (exact) mass is 899 g/mol. The highest BCUT2D eigenvalue weighted by atomic mass is 79.9. The van der Waals surface area contributed by atoms with Crippen LogP contribution >= 0.6 is 27.5 Å². The van der Waals surface area contributed by atoms with E-state index in [9.17, 15) is 13.2 Å². The van der Waals surface area contributed by atoms with Gasteiger partial charge in [0.15, 0.2) is 0 Å². The Morgan fingerprint density at radius 2 is 1.75 bits per heavy atom. The average Bonchev–Trinajstić information content (AvgIpc) is 3.72. The molecule has 0 bridgehead atoms. The predicted octanol–water partition coefficient (Wildman–Crippen LogP) is 10.1. The largest absolute Gasteiger partial charge is 0.456 e. The van der Waals surface area contributed by atoms with Gasteiger partial charge in [-0.3, -0.25) is 9.69 Å². The predicted molar refractivity (Wildman–Crippen MR) is 240 cm³/mol. The van der Waals surface area contributed by atoms with E-state index in [0.717, 1.165) is 112 Å². The molecule has 0 unspecified atom stereocenters. The normalized spacial score (nSPS) is 17.9. The minimum absolute atomic E-state index is 0.0311. The van der Waals surface area contributed by atoms with Crippen LogP contribution in [-0.2, 0) is 14.8 Å². The Balaban J connectivity index is 0.993. The van der Waals surface area contributed by atoms with Gasteiger partial charge in [0.1, 0.15) is 11.5 Å². The molecule has 1 amide bonds. The lowest BCUT2D eigenvalue weighted by Gasteiger charge is -2.39. The van der Waals surface area contributed by atoms with Gasteiger partial charge < -0.3 is 24.7 Å². The number of nitrogens with zero attached hydrogens (tertiary/aromatic N) is 2. The molecular weight excluding hydrogens is 850 g/mol. The van der Waals surface area contributed by atoms with Crippen molar-refractivity contribution in [1.82, 2.24) is 14.6 Å². The summed E-state index contributed by atoms with van der Waals surface area (Å²) in [5, 5.41) is 5.01. The zero-order valence-electron chi connectivity index (χ0n) is 33.5. The zero-order valence-corrected chi connectivity index (χ0v) is 36.7. The second kappa shape index (κ2) is 17.7. The number of rotatable bonds is 12. The number of halogens is 2. The van der Waals surface area contributed by atoms with Gasteiger partial charge in [0, 0.05) is 96.5 Å². The number of piperazine rings is 1. The molecule has 2 saturated heterocycles. The van der Waals surface area contributed by atoms with Crippen LogP contribution in [0.1, 0.15) is 61.9 Å². The lowest BCUT2D eigenvalue weighted by molar-refractivity contribution is 0.0699. The number of sulfonamides is 1. The number of benzene rings is 4. The Hall–Kier alpha value is -4.33. The van der Waals surface area contributed by atoms with E-state index in [1.54, 1.807) is 12.1 Å². The molecule has 2 aliphatic heterocycles. The molecule has 5 aromatic rings. The first-order chi connectivity index (χ1) is 28.4. The number of allylic oxidation sites excluding steroid dienone is 1. The topological polar surface area (TPSA) is 116 Å². The lowest BCUT2D eigenvalue weighted by atomic mass is 9.72. The minimum atomic E-state index is -4.24. The average molecular weight is 901 g/mol. The van der Waals surface area contributed by atoms with Gasteiger partial charge in [0.05, 0.1) is 10.5 Å². The van der Waals surface area contributed by atoms with Crippen LogP contribution in [0.4, 0.5) is 11.4 Å². The summed E-state index contributed by atoms with van der Waals surface area (Å²) >= 11 is 9.78. The van der Waals surface area contributed by atoms with E-state index < -0.39 is 15.9 Å². The second-order valence-corrected chi connectivity index (χ2v) is 19.7. The van der Waals surface area contributed by atoms with E-state index in [4.69, 9.17) is 21.1 Å². The molecule has 0 spiro atoms. The molecule has 3 aliphatic rings. The van der Waals surface area contributed by atoms with Crippen molar-refractivity contribution in [2.24, 2.45) is 11.3 Å². The van der Waals surface area contributed by atoms with Gasteiger partial charge in [-0.1, -0.05) is 49.2 Å². The first-order valence-electron chi connectivity index (χ1n) is 20.4. The van der Waals surface area contributed by atoms with Crippen LogP contribution in [0.5, 0.6) is 11.5 Å². The molecule has 8 rings (SSSR count). The van der Waals surface area contributed by atoms with Crippen molar-refractivity contribution in [2.45, 2.75) is 50.8 Å². The number of H-pyrrole nitrogens is 1. The van der Waals surface area contributed by atoms with Crippen LogP contribution in [0.2, 0.25) is 5.02 Å². The standard InChI is InChI=1S/C46H51BrClN5O5S/c1-46(2)18-14-33(39(28-46)32-6-8-34(48)9-7-32)30-52-20-22-53(23-21-52)35-10-12-38(44(26-35)58-43-5-3-4-41-37(43)15-19-49-41)45(54)51-59(55,56)36-11-13-42(40(47)27-36)50-29-31-16-24-57-25-17-31/h3-13,15,19,26-27,31,49-50H,14,16-18,20-25,28-30H2,1-2H3,(H,51,54). The van der Waals surface area contributed by atoms with Crippen LogP contribution in [0, 0.1) is 11.3 Å². The van der Waals surface area contributed by atoms with Crippen molar-refractivity contribution in [3.8, 4) is 11.5 Å². The van der Waals surface area contributed by atoms with E-state index in [1.165, 1.54) is 28.8 Å². The van der Waals surface area contributed by atoms with Gasteiger partial charge in [-0.25, -0.2) is 13.1 Å². The number of amides is 1. The third-order valence-corrected chi connectivity index (χ3v) is 14.2. The minimum Gasteiger partial charge on any atom is -0.456 e. The number of carbonyl (C=O) groups is 1. The van der Waals surface area contributed by atoms with Crippen molar-refractivity contribution < 1.29 is 22.7 Å². The summed E-state index contributed by atoms with van der Waals surface area (Å²) in [6.07, 6.45) is 7.09. The van der Waals surface area contributed by atoms with Gasteiger partial charge in [-0.15, -0.1) is 0 Å². The van der Waals surface area contributed by atoms with E-state index in [1.807, 2.05) is 54.7 Å². The molecule has 0 saturated carbocycles. The molecule has 2 fully saturated rings. The van der Waals surface area contributed by atoms with Gasteiger partial charge in [0.2, 0.25) is 0 Å². The number of carbonyl (C=O) groups excluding carboxylic acids is 1. The van der Waals surface area contributed by atoms with Crippen LogP contribution in [0.25, 0.3) is 16.5 Å². The highest BCUT2D eigenvalue weighted by Gasteiger charge is 2.30. The number of nitrogens with one attached hydrogen (secondary N) is 3. The second-order valence-electron chi connectivity index (χ2n) is 16.7. The number of aromatic amines is 1. The van der Waals surface area contributed by atoms with Crippen LogP contribution in [0.3, 0.4) is 0 Å². The van der Waals surface area contributed by atoms with Gasteiger partial charge in [-0.2, -0.15) is 0 Å². The van der Waals surface area contributed by atoms with E-state index >= 15 is 0 Å². The first-order valence-corrected chi connectivity index (χ1v) is 23.1. The molecule has 3 heterocycles. The van der Waals surface area contributed by atoms with Crippen LogP contribution < -0.4 is 19.7 Å². The Labute approximate surface area is 360 Å². The number of anilines is 2. The molecule has 1 aliphatic carbocycles. The Bertz CT molecular complexity index is 2460. The maximum absolute atomic E-state index is 14.0. The summed E-state index contributed by atoms with van der Waals surface area (Å²) in [6, 6.07) is 26.0. The van der Waals surface area contributed by atoms with Crippen molar-refractivity contribution in [3.05, 3.63) is 117 Å². The van der Waals surface area contributed by atoms with Gasteiger partial charge in [-0.05, 0) is 131 Å². The molecule has 1 aromatic heterocycles. The van der Waals surface area contributed by atoms with Gasteiger partial charge in [0.25, 0.3) is 15.9 Å². The zero-order chi connectivity index (χ0) is 41.1. The smallest absolute Gasteiger partial charge is 0.268 e. The molecule has 0 atom stereocenters. The van der Waals surface area contributed by atoms with Crippen molar-refractivity contribution in [2.75, 3.05) is 62.7 Å². The van der Waals surface area contributed by atoms with Crippen molar-refractivity contribution >= 4 is 71.3 Å². The highest BCUT2D eigenvalue weighted by molar-refractivity contribution is 9.10. The summed E-state index contributed by atoms with van der Waals surface area (Å²) < 4.78 is 42.2. The highest BCUT2D eigenvalue weighted by Crippen LogP contribution is 2.43. The fourth-order valence-electron chi connectivity index (χ4n) is 8.39. The summed E-state index contributed by atoms with van der Waals surface area (Å²) in [5.74, 6) is 0.524. The fraction of sp³-hybridized carbons (Fsp3) is 0.370. The number of hydrogen-bond donors (Lipinski definition) is 3. The molecule has 310 valence electrons. The fourth-order valence-corrected chi connectivity index (χ4v) is 10.2. The summed E-state index contributed by atoms with van der Waals surface area (Å²) in [4.78, 5) is 22.0. The Morgan fingerprint density at radius 3 is 2.51 bits per heavy atom. The molecule has 10 nitrogen and oxygen atoms in total. The Kier molecular flexibility index (Phi) is 12.4. The Morgan fingerprint density at radius 1 is 0.966 bits per heavy atom. The maximum Gasteiger partial charge on any atom is 0.268 e. The number of ether oxygens (including phenoxy) is 2. The molecule has 13 heteroatoms. The first kappa shape index (κ1) is 41.4. The van der Waals surface area contributed by atoms with E-state index in [0.29, 0.717) is 16.1 Å². The lowest BCUT2D eigenvalue weighted by Crippen LogP contribution is -2.47. The summed E-state index contributed by atoms with van der Waals surface area (Å²) in [7, 11) is -4.24. The van der Waals surface area contributed by atoms with Crippen molar-refractivity contribution in [1.29, 1.82) is 0 Å². The quantitative estimate of drug-likeness (QED) is 0.113. The van der Waals surface area contributed by atoms with E-state index in [2.05, 4.69) is 66.7 Å². The number of aromatic nitrogens is 1. The molecule has 0 radical (unpaired) electrons. The van der Waals surface area contributed by atoms with Gasteiger partial charge >= 0.3 is 0 Å². The van der Waals surface area contributed by atoms with Crippen LogP contribution in [-0.4, -0.2) is 76.7 Å². The molecule has 59 heavy (non-hydrogen) atoms. The van der Waals surface area contributed by atoms with Crippen molar-refractivity contribution in [3.63, 3.8) is 0 Å². The molecular formula is C46H51BrClN5O5S. The summed E-state index contributed by atoms with van der Waals surface area (Å²) in [5.41, 5.74) is 7.13. The third-order valence-electron chi connectivity index (χ3n) is 11.9. The number of fused-ring (bicyclic) bond motifs is 1. The summed E-state index contributed by atoms with van der Waals surface area (Å²) in [6.45, 7) is 11.2. The SMILES string of the molecule is CC1(C)CCC(CN2CCN(c3ccc(C(=O)NS(=O)(=O)c4ccc(NCC5CCOCC5)c(Br)c4)c(Oc4cccc5[nH]ccc45)c3)CC2)=C(c2ccc(Cl)cc2)C1. The third kappa shape index (κ3) is 9.84. The molecule has 3 N–H and O–H groups in total. The maximum atomic E-state index is 14.0. The van der Waals surface area contributed by atoms with Crippen LogP contribution in [0.15, 0.2) is 106 Å². The molecule has 4 aromatic carbocycles. The van der Waals surface area contributed by atoms with E-state index in [-0.39, 0.29) is 21.6 Å². The number of hydrogen-bond acceptors (Lipinski definition) is 8.